The molecule has 0 fully saturated rings. The van der Waals surface area contributed by atoms with E-state index in [0.717, 1.165) is 0 Å². The maximum Gasteiger partial charge on any atom is 0.254 e. The summed E-state index contributed by atoms with van der Waals surface area (Å²) in [4.78, 5) is 11.8. The first-order chi connectivity index (χ1) is 11.4. The van der Waals surface area contributed by atoms with E-state index in [2.05, 4.69) is 10.0 Å². The predicted octanol–water partition coefficient (Wildman–Crippen LogP) is 1.67. The Morgan fingerprint density at radius 2 is 1.96 bits per heavy atom. The van der Waals surface area contributed by atoms with Crippen molar-refractivity contribution < 1.29 is 22.3 Å². The number of benzene rings is 2. The second-order valence-electron chi connectivity index (χ2n) is 4.90. The number of carbonyl (C=O) groups is 1. The van der Waals surface area contributed by atoms with Gasteiger partial charge in [0, 0.05) is 13.6 Å². The highest BCUT2D eigenvalue weighted by atomic mass is 32.2. The van der Waals surface area contributed by atoms with Crippen molar-refractivity contribution in [1.29, 1.82) is 0 Å². The number of rotatable bonds is 6. The van der Waals surface area contributed by atoms with E-state index in [4.69, 9.17) is 4.74 Å². The molecule has 0 heterocycles. The SMILES string of the molecule is CNC(=O)c1cc(S(=O)(=O)NCc2cccc(F)c2)ccc1OC. The molecule has 0 saturated carbocycles. The van der Waals surface area contributed by atoms with Crippen LogP contribution in [0.3, 0.4) is 0 Å². The molecular weight excluding hydrogens is 335 g/mol. The van der Waals surface area contributed by atoms with Crippen LogP contribution in [0.5, 0.6) is 5.75 Å². The summed E-state index contributed by atoms with van der Waals surface area (Å²) in [6, 6.07) is 9.58. The Morgan fingerprint density at radius 3 is 2.58 bits per heavy atom. The lowest BCUT2D eigenvalue weighted by Gasteiger charge is -2.11. The first kappa shape index (κ1) is 17.9. The summed E-state index contributed by atoms with van der Waals surface area (Å²) < 4.78 is 45.3. The zero-order chi connectivity index (χ0) is 17.7. The van der Waals surface area contributed by atoms with Gasteiger partial charge in [-0.05, 0) is 35.9 Å². The van der Waals surface area contributed by atoms with Gasteiger partial charge in [0.2, 0.25) is 10.0 Å². The number of hydrogen-bond acceptors (Lipinski definition) is 4. The Balaban J connectivity index is 2.27. The quantitative estimate of drug-likeness (QED) is 0.828. The fraction of sp³-hybridized carbons (Fsp3) is 0.188. The molecule has 0 aliphatic rings. The molecule has 0 aromatic heterocycles. The summed E-state index contributed by atoms with van der Waals surface area (Å²) in [6.07, 6.45) is 0. The van der Waals surface area contributed by atoms with Crippen LogP contribution in [0.4, 0.5) is 4.39 Å². The average molecular weight is 352 g/mol. The molecule has 128 valence electrons. The molecule has 0 unspecified atom stereocenters. The molecule has 2 aromatic rings. The Bertz CT molecular complexity index is 853. The normalized spacial score (nSPS) is 11.1. The fourth-order valence-corrected chi connectivity index (χ4v) is 3.12. The lowest BCUT2D eigenvalue weighted by atomic mass is 10.2. The predicted molar refractivity (Wildman–Crippen MR) is 86.8 cm³/mol. The number of hydrogen-bond donors (Lipinski definition) is 2. The van der Waals surface area contributed by atoms with E-state index in [-0.39, 0.29) is 22.8 Å². The molecule has 0 saturated heterocycles. The third-order valence-electron chi connectivity index (χ3n) is 3.31. The molecule has 0 atom stereocenters. The molecule has 2 rings (SSSR count). The van der Waals surface area contributed by atoms with Crippen molar-refractivity contribution in [3.8, 4) is 5.75 Å². The van der Waals surface area contributed by atoms with Crippen molar-refractivity contribution in [3.63, 3.8) is 0 Å². The van der Waals surface area contributed by atoms with Gasteiger partial charge in [-0.15, -0.1) is 0 Å². The Morgan fingerprint density at radius 1 is 1.21 bits per heavy atom. The molecule has 1 amide bonds. The van der Waals surface area contributed by atoms with Gasteiger partial charge in [0.25, 0.3) is 5.91 Å². The van der Waals surface area contributed by atoms with Gasteiger partial charge in [-0.1, -0.05) is 12.1 Å². The van der Waals surface area contributed by atoms with E-state index in [9.17, 15) is 17.6 Å². The van der Waals surface area contributed by atoms with Crippen LogP contribution >= 0.6 is 0 Å². The summed E-state index contributed by atoms with van der Waals surface area (Å²) in [5, 5.41) is 2.42. The van der Waals surface area contributed by atoms with Crippen molar-refractivity contribution >= 4 is 15.9 Å². The van der Waals surface area contributed by atoms with Crippen LogP contribution in [-0.2, 0) is 16.6 Å². The van der Waals surface area contributed by atoms with E-state index in [1.807, 2.05) is 0 Å². The highest BCUT2D eigenvalue weighted by Gasteiger charge is 2.19. The molecule has 2 N–H and O–H groups in total. The molecule has 24 heavy (non-hydrogen) atoms. The monoisotopic (exact) mass is 352 g/mol. The summed E-state index contributed by atoms with van der Waals surface area (Å²) in [5.74, 6) is -0.648. The molecule has 6 nitrogen and oxygen atoms in total. The van der Waals surface area contributed by atoms with Crippen molar-refractivity contribution in [1.82, 2.24) is 10.0 Å². The summed E-state index contributed by atoms with van der Waals surface area (Å²) in [7, 11) is -1.05. The largest absolute Gasteiger partial charge is 0.496 e. The number of ether oxygens (including phenoxy) is 1. The molecule has 2 aromatic carbocycles. The van der Waals surface area contributed by atoms with Gasteiger partial charge in [0.15, 0.2) is 0 Å². The maximum absolute atomic E-state index is 13.1. The highest BCUT2D eigenvalue weighted by molar-refractivity contribution is 7.89. The average Bonchev–Trinajstić information content (AvgIpc) is 2.59. The van der Waals surface area contributed by atoms with E-state index in [1.165, 1.54) is 50.6 Å². The lowest BCUT2D eigenvalue weighted by Crippen LogP contribution is -2.24. The van der Waals surface area contributed by atoms with Crippen molar-refractivity contribution in [2.75, 3.05) is 14.2 Å². The Hall–Kier alpha value is -2.45. The zero-order valence-electron chi connectivity index (χ0n) is 13.2. The minimum absolute atomic E-state index is 0.0680. The first-order valence-corrected chi connectivity index (χ1v) is 8.50. The Kier molecular flexibility index (Phi) is 5.53. The van der Waals surface area contributed by atoms with Crippen molar-refractivity contribution in [2.24, 2.45) is 0 Å². The second-order valence-corrected chi connectivity index (χ2v) is 6.66. The number of methoxy groups -OCH3 is 1. The topological polar surface area (TPSA) is 84.5 Å². The van der Waals surface area contributed by atoms with Gasteiger partial charge < -0.3 is 10.1 Å². The highest BCUT2D eigenvalue weighted by Crippen LogP contribution is 2.22. The number of carbonyl (C=O) groups excluding carboxylic acids is 1. The van der Waals surface area contributed by atoms with Crippen LogP contribution in [0.2, 0.25) is 0 Å². The third kappa shape index (κ3) is 4.09. The molecule has 0 aliphatic carbocycles. The van der Waals surface area contributed by atoms with Gasteiger partial charge in [-0.3, -0.25) is 4.79 Å². The molecule has 0 spiro atoms. The number of sulfonamides is 1. The third-order valence-corrected chi connectivity index (χ3v) is 4.71. The number of amides is 1. The van der Waals surface area contributed by atoms with Gasteiger partial charge in [0.1, 0.15) is 11.6 Å². The Labute approximate surface area is 139 Å². The second kappa shape index (κ2) is 7.41. The van der Waals surface area contributed by atoms with Crippen LogP contribution < -0.4 is 14.8 Å². The summed E-state index contributed by atoms with van der Waals surface area (Å²) in [6.45, 7) is -0.0680. The maximum atomic E-state index is 13.1. The summed E-state index contributed by atoms with van der Waals surface area (Å²) >= 11 is 0. The van der Waals surface area contributed by atoms with E-state index in [0.29, 0.717) is 5.56 Å². The van der Waals surface area contributed by atoms with E-state index < -0.39 is 21.7 Å². The van der Waals surface area contributed by atoms with Gasteiger partial charge in [-0.25, -0.2) is 17.5 Å². The van der Waals surface area contributed by atoms with Crippen LogP contribution in [0, 0.1) is 5.82 Å². The number of nitrogens with one attached hydrogen (secondary N) is 2. The molecular formula is C16H17FN2O4S. The molecule has 0 bridgehead atoms. The van der Waals surface area contributed by atoms with Crippen LogP contribution in [0.1, 0.15) is 15.9 Å². The first-order valence-electron chi connectivity index (χ1n) is 7.01. The van der Waals surface area contributed by atoms with Gasteiger partial charge in [-0.2, -0.15) is 0 Å². The van der Waals surface area contributed by atoms with Crippen LogP contribution in [0.25, 0.3) is 0 Å². The van der Waals surface area contributed by atoms with E-state index >= 15 is 0 Å². The van der Waals surface area contributed by atoms with Crippen molar-refractivity contribution in [3.05, 3.63) is 59.4 Å². The molecule has 0 radical (unpaired) electrons. The zero-order valence-corrected chi connectivity index (χ0v) is 14.0. The van der Waals surface area contributed by atoms with Crippen LogP contribution in [0.15, 0.2) is 47.4 Å². The smallest absolute Gasteiger partial charge is 0.254 e. The van der Waals surface area contributed by atoms with E-state index in [1.54, 1.807) is 6.07 Å². The molecule has 0 aliphatic heterocycles. The minimum Gasteiger partial charge on any atom is -0.496 e. The minimum atomic E-state index is -3.87. The molecule has 8 heteroatoms. The van der Waals surface area contributed by atoms with Gasteiger partial charge >= 0.3 is 0 Å². The van der Waals surface area contributed by atoms with Crippen molar-refractivity contribution in [2.45, 2.75) is 11.4 Å². The fourth-order valence-electron chi connectivity index (χ4n) is 2.07. The lowest BCUT2D eigenvalue weighted by molar-refractivity contribution is 0.0960. The number of halogens is 1. The summed E-state index contributed by atoms with van der Waals surface area (Å²) in [5.41, 5.74) is 0.590. The van der Waals surface area contributed by atoms with Gasteiger partial charge in [0.05, 0.1) is 17.6 Å². The van der Waals surface area contributed by atoms with Crippen LogP contribution in [-0.4, -0.2) is 28.5 Å². The standard InChI is InChI=1S/C16H17FN2O4S/c1-18-16(20)14-9-13(6-7-15(14)23-2)24(21,22)19-10-11-4-3-5-12(17)8-11/h3-9,19H,10H2,1-2H3,(H,18,20).